The SMILES string of the molecule is C[N+](C)(C)c1ccc(Nc2n[c]nc(Cl)n2)cc1. The zero-order chi connectivity index (χ0) is 13.2. The van der Waals surface area contributed by atoms with Gasteiger partial charge in [0.15, 0.2) is 0 Å². The Morgan fingerprint density at radius 3 is 2.33 bits per heavy atom. The fourth-order valence-electron chi connectivity index (χ4n) is 1.43. The van der Waals surface area contributed by atoms with Crippen LogP contribution in [0.15, 0.2) is 24.3 Å². The molecule has 2 aromatic rings. The maximum atomic E-state index is 5.66. The number of quaternary nitrogens is 1. The highest BCUT2D eigenvalue weighted by Crippen LogP contribution is 2.21. The van der Waals surface area contributed by atoms with E-state index >= 15 is 0 Å². The van der Waals surface area contributed by atoms with Crippen LogP contribution in [0.4, 0.5) is 17.3 Å². The molecule has 1 heterocycles. The fraction of sp³-hybridized carbons (Fsp3) is 0.250. The highest BCUT2D eigenvalue weighted by atomic mass is 35.5. The van der Waals surface area contributed by atoms with Crippen LogP contribution in [0.1, 0.15) is 0 Å². The molecule has 93 valence electrons. The van der Waals surface area contributed by atoms with Gasteiger partial charge in [0.25, 0.3) is 0 Å². The molecule has 0 aliphatic carbocycles. The molecule has 0 saturated heterocycles. The predicted molar refractivity (Wildman–Crippen MR) is 73.0 cm³/mol. The molecule has 1 N–H and O–H groups in total. The second-order valence-electron chi connectivity index (χ2n) is 4.71. The maximum absolute atomic E-state index is 5.66. The van der Waals surface area contributed by atoms with Crippen molar-refractivity contribution in [1.29, 1.82) is 0 Å². The Kier molecular flexibility index (Phi) is 3.45. The first kappa shape index (κ1) is 12.7. The number of hydrogen-bond donors (Lipinski definition) is 1. The molecule has 0 aliphatic heterocycles. The van der Waals surface area contributed by atoms with Crippen molar-refractivity contribution in [3.63, 3.8) is 0 Å². The first-order valence-corrected chi connectivity index (χ1v) is 5.80. The Morgan fingerprint density at radius 2 is 1.78 bits per heavy atom. The summed E-state index contributed by atoms with van der Waals surface area (Å²) >= 11 is 5.66. The van der Waals surface area contributed by atoms with Crippen molar-refractivity contribution in [3.8, 4) is 0 Å². The van der Waals surface area contributed by atoms with Crippen molar-refractivity contribution < 1.29 is 0 Å². The minimum absolute atomic E-state index is 0.121. The average molecular weight is 264 g/mol. The smallest absolute Gasteiger partial charge is 0.232 e. The van der Waals surface area contributed by atoms with Gasteiger partial charge < -0.3 is 5.32 Å². The Bertz CT molecular complexity index is 533. The largest absolute Gasteiger partial charge is 0.324 e. The summed E-state index contributed by atoms with van der Waals surface area (Å²) in [6.07, 6.45) is 2.43. The number of halogens is 1. The van der Waals surface area contributed by atoms with Gasteiger partial charge in [0.05, 0.1) is 21.1 Å². The van der Waals surface area contributed by atoms with Crippen molar-refractivity contribution in [3.05, 3.63) is 35.9 Å². The van der Waals surface area contributed by atoms with Gasteiger partial charge in [-0.1, -0.05) is 0 Å². The zero-order valence-electron chi connectivity index (χ0n) is 10.5. The lowest BCUT2D eigenvalue weighted by atomic mass is 10.2. The van der Waals surface area contributed by atoms with Crippen molar-refractivity contribution in [2.45, 2.75) is 0 Å². The number of aromatic nitrogens is 3. The molecule has 2 rings (SSSR count). The van der Waals surface area contributed by atoms with Crippen molar-refractivity contribution >= 4 is 28.9 Å². The summed E-state index contributed by atoms with van der Waals surface area (Å²) in [5.41, 5.74) is 2.10. The minimum atomic E-state index is 0.121. The third-order valence-electron chi connectivity index (χ3n) is 2.39. The molecule has 0 aliphatic rings. The summed E-state index contributed by atoms with van der Waals surface area (Å²) in [6, 6.07) is 8.04. The summed E-state index contributed by atoms with van der Waals surface area (Å²) < 4.78 is 0.769. The molecule has 0 saturated carbocycles. The number of anilines is 2. The predicted octanol–water partition coefficient (Wildman–Crippen LogP) is 2.27. The lowest BCUT2D eigenvalue weighted by molar-refractivity contribution is 0.486. The van der Waals surface area contributed by atoms with Gasteiger partial charge in [-0.15, -0.1) is 0 Å². The number of benzene rings is 1. The highest BCUT2D eigenvalue weighted by molar-refractivity contribution is 6.28. The summed E-state index contributed by atoms with van der Waals surface area (Å²) in [4.78, 5) is 11.4. The number of hydrogen-bond acceptors (Lipinski definition) is 4. The van der Waals surface area contributed by atoms with Crippen LogP contribution >= 0.6 is 11.6 Å². The molecule has 1 radical (unpaired) electrons. The van der Waals surface area contributed by atoms with E-state index in [1.54, 1.807) is 0 Å². The lowest BCUT2D eigenvalue weighted by Gasteiger charge is -2.23. The van der Waals surface area contributed by atoms with Crippen molar-refractivity contribution in [2.24, 2.45) is 0 Å². The Labute approximate surface area is 111 Å². The van der Waals surface area contributed by atoms with Crippen molar-refractivity contribution in [1.82, 2.24) is 19.4 Å². The van der Waals surface area contributed by atoms with Crippen LogP contribution in [0.5, 0.6) is 0 Å². The van der Waals surface area contributed by atoms with E-state index in [0.29, 0.717) is 5.95 Å². The summed E-state index contributed by atoms with van der Waals surface area (Å²) in [5, 5.41) is 3.16. The molecule has 0 fully saturated rings. The summed E-state index contributed by atoms with van der Waals surface area (Å²) in [7, 11) is 6.34. The molecule has 1 aromatic carbocycles. The Morgan fingerprint density at radius 1 is 1.11 bits per heavy atom. The van der Waals surface area contributed by atoms with Gasteiger partial charge in [-0.3, -0.25) is 4.48 Å². The first-order valence-electron chi connectivity index (χ1n) is 5.42. The molecule has 0 unspecified atom stereocenters. The van der Waals surface area contributed by atoms with Gasteiger partial charge in [0.1, 0.15) is 5.69 Å². The van der Waals surface area contributed by atoms with E-state index < -0.39 is 0 Å². The molecule has 0 atom stereocenters. The topological polar surface area (TPSA) is 50.7 Å². The zero-order valence-corrected chi connectivity index (χ0v) is 11.2. The summed E-state index contributed by atoms with van der Waals surface area (Å²) in [5.74, 6) is 0.382. The molecule has 0 spiro atoms. The van der Waals surface area contributed by atoms with E-state index in [1.165, 1.54) is 5.69 Å². The number of nitrogens with zero attached hydrogens (tertiary/aromatic N) is 4. The van der Waals surface area contributed by atoms with E-state index in [2.05, 4.69) is 59.9 Å². The van der Waals surface area contributed by atoms with Crippen LogP contribution in [0.3, 0.4) is 0 Å². The van der Waals surface area contributed by atoms with Crippen molar-refractivity contribution in [2.75, 3.05) is 26.5 Å². The van der Waals surface area contributed by atoms with E-state index in [-0.39, 0.29) is 5.28 Å². The molecule has 0 bridgehead atoms. The quantitative estimate of drug-likeness (QED) is 0.863. The molecule has 1 aromatic heterocycles. The molecular weight excluding hydrogens is 250 g/mol. The van der Waals surface area contributed by atoms with Gasteiger partial charge in [-0.25, -0.2) is 0 Å². The lowest BCUT2D eigenvalue weighted by Crippen LogP contribution is -2.34. The number of nitrogens with one attached hydrogen (secondary N) is 1. The third kappa shape index (κ3) is 3.15. The maximum Gasteiger partial charge on any atom is 0.232 e. The average Bonchev–Trinajstić information content (AvgIpc) is 2.28. The Balaban J connectivity index is 2.16. The van der Waals surface area contributed by atoms with Gasteiger partial charge in [0, 0.05) is 17.8 Å². The van der Waals surface area contributed by atoms with Gasteiger partial charge in [0.2, 0.25) is 17.6 Å². The normalized spacial score (nSPS) is 11.3. The second-order valence-corrected chi connectivity index (χ2v) is 5.05. The standard InChI is InChI=1S/C12H14ClN5/c1-18(2,3)10-6-4-9(5-7-10)16-12-15-8-14-11(13)17-12/h4-7H,1-3H3,(H,14,15,16,17)/q+1. The van der Waals surface area contributed by atoms with Gasteiger partial charge in [-0.05, 0) is 23.7 Å². The molecule has 18 heavy (non-hydrogen) atoms. The van der Waals surface area contributed by atoms with Crippen LogP contribution in [0.2, 0.25) is 5.28 Å². The van der Waals surface area contributed by atoms with E-state index in [9.17, 15) is 0 Å². The summed E-state index contributed by atoms with van der Waals surface area (Å²) in [6.45, 7) is 0. The van der Waals surface area contributed by atoms with E-state index in [1.807, 2.05) is 12.1 Å². The van der Waals surface area contributed by atoms with Gasteiger partial charge >= 0.3 is 0 Å². The first-order chi connectivity index (χ1) is 8.45. The van der Waals surface area contributed by atoms with Crippen LogP contribution in [-0.4, -0.2) is 36.1 Å². The molecule has 5 nitrogen and oxygen atoms in total. The van der Waals surface area contributed by atoms with Crippen LogP contribution in [0, 0.1) is 6.33 Å². The highest BCUT2D eigenvalue weighted by Gasteiger charge is 2.11. The molecule has 6 heteroatoms. The monoisotopic (exact) mass is 263 g/mol. The fourth-order valence-corrected chi connectivity index (χ4v) is 1.55. The van der Waals surface area contributed by atoms with Crippen LogP contribution in [-0.2, 0) is 0 Å². The van der Waals surface area contributed by atoms with Crippen LogP contribution < -0.4 is 9.80 Å². The van der Waals surface area contributed by atoms with Crippen LogP contribution in [0.25, 0.3) is 0 Å². The van der Waals surface area contributed by atoms with E-state index in [0.717, 1.165) is 10.2 Å². The molecular formula is C12H14ClN5+. The van der Waals surface area contributed by atoms with Gasteiger partial charge in [-0.2, -0.15) is 15.0 Å². The Hall–Kier alpha value is -1.72. The third-order valence-corrected chi connectivity index (χ3v) is 2.56. The second kappa shape index (κ2) is 4.88. The minimum Gasteiger partial charge on any atom is -0.324 e. The van der Waals surface area contributed by atoms with E-state index in [4.69, 9.17) is 11.6 Å². The number of rotatable bonds is 3. The molecule has 0 amide bonds.